The molecule has 0 fully saturated rings. The van der Waals surface area contributed by atoms with Crippen molar-refractivity contribution >= 4 is 44.3 Å². The summed E-state index contributed by atoms with van der Waals surface area (Å²) < 4.78 is 39.0. The van der Waals surface area contributed by atoms with Crippen LogP contribution in [0.5, 0.6) is 11.5 Å². The van der Waals surface area contributed by atoms with E-state index in [0.29, 0.717) is 17.2 Å². The molecular weight excluding hydrogens is 466 g/mol. The smallest absolute Gasteiger partial charge is 0.262 e. The Balaban J connectivity index is 1.58. The second-order valence-corrected chi connectivity index (χ2v) is 9.10. The summed E-state index contributed by atoms with van der Waals surface area (Å²) in [6.07, 6.45) is 4.70. The number of aromatic nitrogens is 1. The lowest BCUT2D eigenvalue weighted by Gasteiger charge is -2.14. The number of pyridine rings is 1. The van der Waals surface area contributed by atoms with Gasteiger partial charge >= 0.3 is 0 Å². The number of para-hydroxylation sites is 3. The molecule has 1 aromatic heterocycles. The SMILES string of the molecule is COc1ccc(S(=O)(=O)Nc2ccccc2OC)cc1NC(=O)/C=C/c1cccc2cccnc12. The van der Waals surface area contributed by atoms with Gasteiger partial charge in [-0.2, -0.15) is 0 Å². The molecule has 3 aromatic carbocycles. The number of ether oxygens (including phenoxy) is 2. The van der Waals surface area contributed by atoms with Crippen LogP contribution in [-0.2, 0) is 14.8 Å². The lowest BCUT2D eigenvalue weighted by molar-refractivity contribution is -0.111. The van der Waals surface area contributed by atoms with E-state index in [-0.39, 0.29) is 10.6 Å². The molecule has 9 heteroatoms. The van der Waals surface area contributed by atoms with Gasteiger partial charge in [0.15, 0.2) is 0 Å². The summed E-state index contributed by atoms with van der Waals surface area (Å²) in [6.45, 7) is 0. The molecule has 0 aliphatic carbocycles. The fourth-order valence-corrected chi connectivity index (χ4v) is 4.58. The monoisotopic (exact) mass is 489 g/mol. The van der Waals surface area contributed by atoms with Crippen LogP contribution in [0, 0.1) is 0 Å². The summed E-state index contributed by atoms with van der Waals surface area (Å²) in [5.41, 5.74) is 2.05. The number of fused-ring (bicyclic) bond motifs is 1. The summed E-state index contributed by atoms with van der Waals surface area (Å²) in [5, 5.41) is 3.65. The number of nitrogens with one attached hydrogen (secondary N) is 2. The fourth-order valence-electron chi connectivity index (χ4n) is 3.49. The first kappa shape index (κ1) is 23.8. The molecule has 0 unspecified atom stereocenters. The Morgan fingerprint density at radius 1 is 0.886 bits per heavy atom. The zero-order valence-electron chi connectivity index (χ0n) is 19.1. The van der Waals surface area contributed by atoms with E-state index in [4.69, 9.17) is 9.47 Å². The molecule has 1 heterocycles. The van der Waals surface area contributed by atoms with Crippen molar-refractivity contribution in [2.24, 2.45) is 0 Å². The van der Waals surface area contributed by atoms with E-state index in [1.807, 2.05) is 30.3 Å². The number of amides is 1. The van der Waals surface area contributed by atoms with E-state index in [1.165, 1.54) is 38.5 Å². The summed E-state index contributed by atoms with van der Waals surface area (Å²) >= 11 is 0. The van der Waals surface area contributed by atoms with Gasteiger partial charge in [-0.25, -0.2) is 8.42 Å². The van der Waals surface area contributed by atoms with E-state index >= 15 is 0 Å². The van der Waals surface area contributed by atoms with E-state index in [9.17, 15) is 13.2 Å². The normalized spacial score (nSPS) is 11.4. The second-order valence-electron chi connectivity index (χ2n) is 7.41. The molecule has 4 aromatic rings. The molecule has 0 saturated carbocycles. The summed E-state index contributed by atoms with van der Waals surface area (Å²) in [5.74, 6) is 0.240. The molecule has 0 saturated heterocycles. The number of carbonyl (C=O) groups is 1. The minimum atomic E-state index is -3.97. The predicted molar refractivity (Wildman–Crippen MR) is 136 cm³/mol. The first-order valence-electron chi connectivity index (χ1n) is 10.6. The quantitative estimate of drug-likeness (QED) is 0.347. The van der Waals surface area contributed by atoms with Crippen LogP contribution in [0.2, 0.25) is 0 Å². The van der Waals surface area contributed by atoms with Crippen molar-refractivity contribution in [2.75, 3.05) is 24.3 Å². The number of anilines is 2. The zero-order valence-corrected chi connectivity index (χ0v) is 19.9. The predicted octanol–water partition coefficient (Wildman–Crippen LogP) is 4.70. The second kappa shape index (κ2) is 10.3. The highest BCUT2D eigenvalue weighted by atomic mass is 32.2. The molecule has 0 radical (unpaired) electrons. The van der Waals surface area contributed by atoms with Gasteiger partial charge in [0.2, 0.25) is 5.91 Å². The van der Waals surface area contributed by atoms with Crippen molar-refractivity contribution in [3.05, 3.63) is 90.6 Å². The van der Waals surface area contributed by atoms with Gasteiger partial charge in [0.25, 0.3) is 10.0 Å². The minimum absolute atomic E-state index is 0.0539. The Labute approximate surface area is 203 Å². The minimum Gasteiger partial charge on any atom is -0.495 e. The van der Waals surface area contributed by atoms with Crippen molar-refractivity contribution in [1.29, 1.82) is 0 Å². The Bertz CT molecular complexity index is 1510. The van der Waals surface area contributed by atoms with Crippen molar-refractivity contribution < 1.29 is 22.7 Å². The molecule has 178 valence electrons. The van der Waals surface area contributed by atoms with Crippen LogP contribution in [0.25, 0.3) is 17.0 Å². The average molecular weight is 490 g/mol. The highest BCUT2D eigenvalue weighted by Gasteiger charge is 2.19. The Morgan fingerprint density at radius 3 is 2.43 bits per heavy atom. The lowest BCUT2D eigenvalue weighted by Crippen LogP contribution is -2.15. The molecule has 0 spiro atoms. The van der Waals surface area contributed by atoms with Crippen LogP contribution in [0.4, 0.5) is 11.4 Å². The molecule has 1 amide bonds. The topological polar surface area (TPSA) is 107 Å². The molecule has 0 atom stereocenters. The number of rotatable bonds is 8. The van der Waals surface area contributed by atoms with Crippen molar-refractivity contribution in [2.45, 2.75) is 4.90 Å². The highest BCUT2D eigenvalue weighted by molar-refractivity contribution is 7.92. The molecule has 2 N–H and O–H groups in total. The lowest BCUT2D eigenvalue weighted by atomic mass is 10.1. The van der Waals surface area contributed by atoms with Gasteiger partial charge in [-0.1, -0.05) is 36.4 Å². The van der Waals surface area contributed by atoms with Gasteiger partial charge in [0.1, 0.15) is 11.5 Å². The summed E-state index contributed by atoms with van der Waals surface area (Å²) in [7, 11) is -1.08. The van der Waals surface area contributed by atoms with Gasteiger partial charge in [0, 0.05) is 23.2 Å². The highest BCUT2D eigenvalue weighted by Crippen LogP contribution is 2.30. The maximum atomic E-state index is 13.0. The van der Waals surface area contributed by atoms with Crippen molar-refractivity contribution in [1.82, 2.24) is 4.98 Å². The largest absolute Gasteiger partial charge is 0.495 e. The molecule has 0 aliphatic heterocycles. The third-order valence-corrected chi connectivity index (χ3v) is 6.53. The van der Waals surface area contributed by atoms with E-state index in [1.54, 1.807) is 36.5 Å². The van der Waals surface area contributed by atoms with Crippen molar-refractivity contribution in [3.8, 4) is 11.5 Å². The molecule has 4 rings (SSSR count). The van der Waals surface area contributed by atoms with Crippen LogP contribution in [0.3, 0.4) is 0 Å². The van der Waals surface area contributed by atoms with Gasteiger partial charge < -0.3 is 14.8 Å². The Hall–Kier alpha value is -4.37. The first-order valence-corrected chi connectivity index (χ1v) is 12.1. The maximum absolute atomic E-state index is 13.0. The molecule has 0 aliphatic rings. The number of nitrogens with zero attached hydrogens (tertiary/aromatic N) is 1. The Morgan fingerprint density at radius 2 is 1.63 bits per heavy atom. The van der Waals surface area contributed by atoms with Crippen LogP contribution in [0.15, 0.2) is 90.0 Å². The zero-order chi connectivity index (χ0) is 24.8. The molecule has 8 nitrogen and oxygen atoms in total. The number of benzene rings is 3. The number of hydrogen-bond donors (Lipinski definition) is 2. The summed E-state index contributed by atoms with van der Waals surface area (Å²) in [4.78, 5) is 17.0. The third-order valence-electron chi connectivity index (χ3n) is 5.17. The first-order chi connectivity index (χ1) is 16.9. The van der Waals surface area contributed by atoms with Crippen LogP contribution < -0.4 is 19.5 Å². The molecule has 35 heavy (non-hydrogen) atoms. The van der Waals surface area contributed by atoms with Crippen molar-refractivity contribution in [3.63, 3.8) is 0 Å². The Kier molecular flexibility index (Phi) is 6.98. The van der Waals surface area contributed by atoms with E-state index < -0.39 is 15.9 Å². The van der Waals surface area contributed by atoms with E-state index in [2.05, 4.69) is 15.0 Å². The summed E-state index contributed by atoms with van der Waals surface area (Å²) in [6, 6.07) is 20.3. The molecular formula is C26H23N3O5S. The maximum Gasteiger partial charge on any atom is 0.262 e. The number of sulfonamides is 1. The van der Waals surface area contributed by atoms with Crippen LogP contribution in [0.1, 0.15) is 5.56 Å². The number of methoxy groups -OCH3 is 2. The van der Waals surface area contributed by atoms with Crippen LogP contribution in [-0.4, -0.2) is 33.5 Å². The van der Waals surface area contributed by atoms with E-state index in [0.717, 1.165) is 16.5 Å². The standard InChI is InChI=1S/C26H23N3O5S/c1-33-23-11-4-3-10-21(23)29-35(31,32)20-13-14-24(34-2)22(17-20)28-25(30)15-12-19-8-5-7-18-9-6-16-27-26(18)19/h3-17,29H,1-2H3,(H,28,30)/b15-12+. The average Bonchev–Trinajstić information content (AvgIpc) is 2.87. The van der Waals surface area contributed by atoms with Gasteiger partial charge in [-0.15, -0.1) is 0 Å². The fraction of sp³-hybridized carbons (Fsp3) is 0.0769. The van der Waals surface area contributed by atoms with Gasteiger partial charge in [-0.3, -0.25) is 14.5 Å². The number of carbonyl (C=O) groups excluding carboxylic acids is 1. The van der Waals surface area contributed by atoms with Crippen LogP contribution >= 0.6 is 0 Å². The van der Waals surface area contributed by atoms with Gasteiger partial charge in [-0.05, 0) is 42.5 Å². The molecule has 0 bridgehead atoms. The third kappa shape index (κ3) is 5.42. The number of hydrogen-bond acceptors (Lipinski definition) is 6. The van der Waals surface area contributed by atoms with Gasteiger partial charge in [0.05, 0.1) is 36.0 Å².